The Morgan fingerprint density at radius 2 is 2.12 bits per heavy atom. The van der Waals surface area contributed by atoms with Crippen LogP contribution in [0.25, 0.3) is 0 Å². The maximum Gasteiger partial charge on any atom is 0.230 e. The van der Waals surface area contributed by atoms with E-state index in [1.54, 1.807) is 0 Å². The molecule has 0 radical (unpaired) electrons. The van der Waals surface area contributed by atoms with Crippen LogP contribution in [0.2, 0.25) is 0 Å². The molecule has 0 spiro atoms. The van der Waals surface area contributed by atoms with E-state index in [1.165, 1.54) is 6.42 Å². The van der Waals surface area contributed by atoms with Crippen LogP contribution in [-0.4, -0.2) is 6.29 Å². The quantitative estimate of drug-likeness (QED) is 0.524. The van der Waals surface area contributed by atoms with Gasteiger partial charge in [0.25, 0.3) is 0 Å². The van der Waals surface area contributed by atoms with Crippen molar-refractivity contribution in [1.29, 1.82) is 0 Å². The van der Waals surface area contributed by atoms with Crippen LogP contribution in [0.3, 0.4) is 0 Å². The molecular formula is C5H10O3. The molecule has 1 aliphatic heterocycles. The van der Waals surface area contributed by atoms with E-state index in [0.717, 1.165) is 12.8 Å². The third-order valence-corrected chi connectivity index (χ3v) is 1.09. The molecule has 0 aliphatic carbocycles. The first-order valence-corrected chi connectivity index (χ1v) is 2.92. The van der Waals surface area contributed by atoms with Crippen LogP contribution < -0.4 is 0 Å². The predicted octanol–water partition coefficient (Wildman–Crippen LogP) is 1.40. The molecule has 0 bridgehead atoms. The Kier molecular flexibility index (Phi) is 2.27. The Labute approximate surface area is 48.4 Å². The highest BCUT2D eigenvalue weighted by molar-refractivity contribution is 4.41. The van der Waals surface area contributed by atoms with Gasteiger partial charge in [-0.1, -0.05) is 18.4 Å². The second-order valence-electron chi connectivity index (χ2n) is 1.83. The van der Waals surface area contributed by atoms with Gasteiger partial charge in [0, 0.05) is 6.42 Å². The summed E-state index contributed by atoms with van der Waals surface area (Å²) in [7, 11) is 0. The summed E-state index contributed by atoms with van der Waals surface area (Å²) in [6, 6.07) is 0. The summed E-state index contributed by atoms with van der Waals surface area (Å²) in [5.41, 5.74) is 0. The van der Waals surface area contributed by atoms with E-state index < -0.39 is 0 Å². The minimum absolute atomic E-state index is 0.0880. The molecule has 0 unspecified atom stereocenters. The maximum atomic E-state index is 4.51. The molecule has 0 saturated carbocycles. The second-order valence-corrected chi connectivity index (χ2v) is 1.83. The molecule has 48 valence electrons. The fraction of sp³-hybridized carbons (Fsp3) is 1.00. The zero-order valence-electron chi connectivity index (χ0n) is 4.92. The van der Waals surface area contributed by atoms with Gasteiger partial charge < -0.3 is 0 Å². The van der Waals surface area contributed by atoms with Crippen LogP contribution in [0.5, 0.6) is 0 Å². The number of rotatable bonds is 3. The van der Waals surface area contributed by atoms with Gasteiger partial charge in [-0.15, -0.1) is 0 Å². The SMILES string of the molecule is CCCCC1OOO1. The van der Waals surface area contributed by atoms with Crippen molar-refractivity contribution < 1.29 is 14.8 Å². The zero-order valence-corrected chi connectivity index (χ0v) is 4.92. The molecule has 1 heterocycles. The van der Waals surface area contributed by atoms with Crippen LogP contribution in [-0.2, 0) is 14.8 Å². The molecule has 8 heavy (non-hydrogen) atoms. The molecule has 0 N–H and O–H groups in total. The van der Waals surface area contributed by atoms with Crippen LogP contribution in [0.4, 0.5) is 0 Å². The molecule has 1 aliphatic rings. The molecule has 0 aromatic rings. The van der Waals surface area contributed by atoms with Gasteiger partial charge >= 0.3 is 0 Å². The molecular weight excluding hydrogens is 108 g/mol. The smallest absolute Gasteiger partial charge is 0.171 e. The molecule has 0 aromatic heterocycles. The summed E-state index contributed by atoms with van der Waals surface area (Å²) in [5, 5.41) is 4.03. The summed E-state index contributed by atoms with van der Waals surface area (Å²) in [4.78, 5) is 9.02. The molecule has 1 saturated heterocycles. The molecule has 1 rings (SSSR count). The minimum atomic E-state index is -0.0880. The van der Waals surface area contributed by atoms with Crippen molar-refractivity contribution in [2.75, 3.05) is 0 Å². The van der Waals surface area contributed by atoms with E-state index in [9.17, 15) is 0 Å². The van der Waals surface area contributed by atoms with Gasteiger partial charge in [0.15, 0.2) is 0 Å². The minimum Gasteiger partial charge on any atom is -0.171 e. The first kappa shape index (κ1) is 6.01. The van der Waals surface area contributed by atoms with Crippen LogP contribution in [0.15, 0.2) is 0 Å². The summed E-state index contributed by atoms with van der Waals surface area (Å²) in [6.45, 7) is 2.12. The highest BCUT2D eigenvalue weighted by atomic mass is 17.6. The highest BCUT2D eigenvalue weighted by Crippen LogP contribution is 2.14. The van der Waals surface area contributed by atoms with Gasteiger partial charge in [0.2, 0.25) is 6.29 Å². The van der Waals surface area contributed by atoms with Crippen molar-refractivity contribution >= 4 is 0 Å². The van der Waals surface area contributed by atoms with E-state index in [0.29, 0.717) is 0 Å². The summed E-state index contributed by atoms with van der Waals surface area (Å²) in [6.07, 6.45) is 3.16. The average molecular weight is 118 g/mol. The predicted molar refractivity (Wildman–Crippen MR) is 26.6 cm³/mol. The van der Waals surface area contributed by atoms with Gasteiger partial charge in [-0.05, 0) is 6.42 Å². The van der Waals surface area contributed by atoms with Crippen molar-refractivity contribution in [3.8, 4) is 0 Å². The average Bonchev–Trinajstić information content (AvgIpc) is 1.63. The third-order valence-electron chi connectivity index (χ3n) is 1.09. The van der Waals surface area contributed by atoms with E-state index in [4.69, 9.17) is 0 Å². The van der Waals surface area contributed by atoms with E-state index in [1.807, 2.05) is 0 Å². The summed E-state index contributed by atoms with van der Waals surface area (Å²) >= 11 is 0. The zero-order chi connectivity index (χ0) is 5.82. The largest absolute Gasteiger partial charge is 0.230 e. The lowest BCUT2D eigenvalue weighted by Crippen LogP contribution is -2.27. The Hall–Kier alpha value is -0.120. The van der Waals surface area contributed by atoms with Crippen molar-refractivity contribution in [2.24, 2.45) is 0 Å². The van der Waals surface area contributed by atoms with Crippen molar-refractivity contribution in [1.82, 2.24) is 0 Å². The van der Waals surface area contributed by atoms with E-state index in [-0.39, 0.29) is 6.29 Å². The Morgan fingerprint density at radius 1 is 1.38 bits per heavy atom. The normalized spacial score (nSPS) is 20.6. The fourth-order valence-electron chi connectivity index (χ4n) is 0.562. The standard InChI is InChI=1S/C5H10O3/c1-2-3-4-5-6-8-7-5/h5H,2-4H2,1H3. The van der Waals surface area contributed by atoms with Crippen LogP contribution in [0, 0.1) is 0 Å². The number of unbranched alkanes of at least 4 members (excludes halogenated alkanes) is 1. The van der Waals surface area contributed by atoms with Crippen LogP contribution in [0.1, 0.15) is 26.2 Å². The molecule has 0 amide bonds. The second kappa shape index (κ2) is 3.02. The Morgan fingerprint density at radius 3 is 2.50 bits per heavy atom. The first-order chi connectivity index (χ1) is 3.93. The molecule has 0 atom stereocenters. The first-order valence-electron chi connectivity index (χ1n) is 2.92. The van der Waals surface area contributed by atoms with Gasteiger partial charge in [0.1, 0.15) is 0 Å². The molecule has 3 nitrogen and oxygen atoms in total. The monoisotopic (exact) mass is 118 g/mol. The maximum absolute atomic E-state index is 4.51. The van der Waals surface area contributed by atoms with E-state index in [2.05, 4.69) is 21.7 Å². The summed E-state index contributed by atoms with van der Waals surface area (Å²) < 4.78 is 0. The topological polar surface area (TPSA) is 27.7 Å². The molecule has 1 fully saturated rings. The lowest BCUT2D eigenvalue weighted by atomic mass is 10.2. The lowest BCUT2D eigenvalue weighted by Gasteiger charge is -2.21. The lowest BCUT2D eigenvalue weighted by molar-refractivity contribution is -0.691. The van der Waals surface area contributed by atoms with Gasteiger partial charge in [-0.25, -0.2) is 0 Å². The number of hydrogen-bond acceptors (Lipinski definition) is 3. The van der Waals surface area contributed by atoms with Crippen molar-refractivity contribution in [3.63, 3.8) is 0 Å². The number of hydrogen-bond donors (Lipinski definition) is 0. The van der Waals surface area contributed by atoms with Crippen molar-refractivity contribution in [2.45, 2.75) is 32.5 Å². The van der Waals surface area contributed by atoms with Crippen LogP contribution >= 0.6 is 0 Å². The van der Waals surface area contributed by atoms with Gasteiger partial charge in [-0.3, -0.25) is 0 Å². The van der Waals surface area contributed by atoms with Gasteiger partial charge in [0.05, 0.1) is 0 Å². The fourth-order valence-corrected chi connectivity index (χ4v) is 0.562. The highest BCUT2D eigenvalue weighted by Gasteiger charge is 2.20. The third kappa shape index (κ3) is 1.43. The Balaban J connectivity index is 1.86. The molecule has 3 heteroatoms. The van der Waals surface area contributed by atoms with E-state index >= 15 is 0 Å². The Bertz CT molecular complexity index is 60.7. The van der Waals surface area contributed by atoms with Crippen molar-refractivity contribution in [3.05, 3.63) is 0 Å². The molecule has 0 aromatic carbocycles. The summed E-state index contributed by atoms with van der Waals surface area (Å²) in [5.74, 6) is 0. The van der Waals surface area contributed by atoms with Gasteiger partial charge in [-0.2, -0.15) is 9.78 Å².